The molecule has 1 amide bonds. The minimum absolute atomic E-state index is 0.0927. The molecule has 7 heteroatoms. The number of fused-ring (bicyclic) bond motifs is 1. The monoisotopic (exact) mass is 383 g/mol. The number of aromatic nitrogens is 2. The zero-order valence-corrected chi connectivity index (χ0v) is 16.8. The Bertz CT molecular complexity index is 921. The molecule has 3 aromatic rings. The van der Waals surface area contributed by atoms with Crippen LogP contribution in [0.5, 0.6) is 0 Å². The molecule has 0 atom stereocenters. The second-order valence-electron chi connectivity index (χ2n) is 7.29. The van der Waals surface area contributed by atoms with Crippen molar-refractivity contribution in [3.63, 3.8) is 0 Å². The van der Waals surface area contributed by atoms with Crippen LogP contribution in [0.25, 0.3) is 4.96 Å². The summed E-state index contributed by atoms with van der Waals surface area (Å²) < 4.78 is 1.90. The third kappa shape index (κ3) is 3.84. The molecular formula is C20H25N5OS. The Hall–Kier alpha value is -2.38. The van der Waals surface area contributed by atoms with Gasteiger partial charge < -0.3 is 10.2 Å². The fourth-order valence-electron chi connectivity index (χ4n) is 3.49. The highest BCUT2D eigenvalue weighted by atomic mass is 32.1. The summed E-state index contributed by atoms with van der Waals surface area (Å²) in [7, 11) is 0. The van der Waals surface area contributed by atoms with Crippen LogP contribution < -0.4 is 10.2 Å². The van der Waals surface area contributed by atoms with Crippen molar-refractivity contribution in [3.05, 3.63) is 47.2 Å². The van der Waals surface area contributed by atoms with Crippen LogP contribution in [-0.4, -0.2) is 52.4 Å². The lowest BCUT2D eigenvalue weighted by Gasteiger charge is -2.38. The Morgan fingerprint density at radius 2 is 1.96 bits per heavy atom. The maximum Gasteiger partial charge on any atom is 0.267 e. The number of imidazole rings is 1. The van der Waals surface area contributed by atoms with E-state index in [4.69, 9.17) is 0 Å². The maximum absolute atomic E-state index is 12.6. The number of hydrogen-bond donors (Lipinski definition) is 1. The summed E-state index contributed by atoms with van der Waals surface area (Å²) in [4.78, 5) is 23.4. The van der Waals surface area contributed by atoms with Gasteiger partial charge in [0.05, 0.1) is 5.69 Å². The molecule has 0 bridgehead atoms. The second kappa shape index (κ2) is 7.32. The van der Waals surface area contributed by atoms with Crippen molar-refractivity contribution < 1.29 is 4.79 Å². The van der Waals surface area contributed by atoms with E-state index in [0.29, 0.717) is 10.9 Å². The van der Waals surface area contributed by atoms with Crippen LogP contribution >= 0.6 is 11.3 Å². The fourth-order valence-corrected chi connectivity index (χ4v) is 4.39. The van der Waals surface area contributed by atoms with E-state index in [9.17, 15) is 4.79 Å². The van der Waals surface area contributed by atoms with Gasteiger partial charge in [0.25, 0.3) is 5.91 Å². The van der Waals surface area contributed by atoms with Gasteiger partial charge >= 0.3 is 0 Å². The maximum atomic E-state index is 12.6. The third-order valence-corrected chi connectivity index (χ3v) is 6.01. The van der Waals surface area contributed by atoms with Gasteiger partial charge in [0, 0.05) is 56.0 Å². The van der Waals surface area contributed by atoms with Gasteiger partial charge in [-0.05, 0) is 39.0 Å². The molecule has 3 heterocycles. The van der Waals surface area contributed by atoms with E-state index in [1.54, 1.807) is 0 Å². The molecule has 1 aliphatic heterocycles. The summed E-state index contributed by atoms with van der Waals surface area (Å²) in [6.45, 7) is 10.6. The first-order valence-corrected chi connectivity index (χ1v) is 10.2. The van der Waals surface area contributed by atoms with Crippen molar-refractivity contribution >= 4 is 33.6 Å². The molecule has 1 aromatic carbocycles. The molecule has 6 nitrogen and oxygen atoms in total. The Morgan fingerprint density at radius 1 is 1.19 bits per heavy atom. The van der Waals surface area contributed by atoms with Crippen molar-refractivity contribution in [1.82, 2.24) is 14.3 Å². The number of amides is 1. The summed E-state index contributed by atoms with van der Waals surface area (Å²) in [5.74, 6) is -0.0927. The number of carbonyl (C=O) groups excluding carboxylic acids is 1. The van der Waals surface area contributed by atoms with Gasteiger partial charge in [0.1, 0.15) is 4.88 Å². The topological polar surface area (TPSA) is 52.9 Å². The van der Waals surface area contributed by atoms with Gasteiger partial charge in [-0.15, -0.1) is 0 Å². The lowest BCUT2D eigenvalue weighted by atomic mass is 10.2. The van der Waals surface area contributed by atoms with Crippen LogP contribution in [-0.2, 0) is 0 Å². The number of benzene rings is 1. The highest BCUT2D eigenvalue weighted by Crippen LogP contribution is 2.23. The lowest BCUT2D eigenvalue weighted by Crippen LogP contribution is -2.48. The molecule has 27 heavy (non-hydrogen) atoms. The summed E-state index contributed by atoms with van der Waals surface area (Å²) in [6.07, 6.45) is 3.77. The second-order valence-corrected chi connectivity index (χ2v) is 8.30. The Morgan fingerprint density at radius 3 is 2.67 bits per heavy atom. The van der Waals surface area contributed by atoms with Crippen LogP contribution in [0.2, 0.25) is 0 Å². The first-order valence-electron chi connectivity index (χ1n) is 9.35. The molecule has 4 rings (SSSR count). The molecule has 1 aliphatic rings. The average Bonchev–Trinajstić information content (AvgIpc) is 3.19. The van der Waals surface area contributed by atoms with Gasteiger partial charge in [0.15, 0.2) is 4.96 Å². The number of nitrogens with one attached hydrogen (secondary N) is 1. The van der Waals surface area contributed by atoms with E-state index in [0.717, 1.165) is 48.2 Å². The summed E-state index contributed by atoms with van der Waals surface area (Å²) >= 11 is 1.40. The molecule has 0 aliphatic carbocycles. The first kappa shape index (κ1) is 18.0. The SMILES string of the molecule is Cc1cn2cc(C(=O)Nc3cccc(N4CCN(C(C)C)CC4)c3)sc2n1. The molecule has 0 radical (unpaired) electrons. The Balaban J connectivity index is 1.44. The van der Waals surface area contributed by atoms with Crippen LogP contribution in [0.1, 0.15) is 29.2 Å². The van der Waals surface area contributed by atoms with Crippen LogP contribution in [0.15, 0.2) is 36.7 Å². The Kier molecular flexibility index (Phi) is 4.88. The van der Waals surface area contributed by atoms with Crippen LogP contribution in [0, 0.1) is 6.92 Å². The number of nitrogens with zero attached hydrogens (tertiary/aromatic N) is 4. The number of carbonyl (C=O) groups is 1. The van der Waals surface area contributed by atoms with Crippen LogP contribution in [0.4, 0.5) is 11.4 Å². The molecule has 2 aromatic heterocycles. The van der Waals surface area contributed by atoms with Gasteiger partial charge in [0.2, 0.25) is 0 Å². The molecular weight excluding hydrogens is 358 g/mol. The van der Waals surface area contributed by atoms with Gasteiger partial charge in [-0.2, -0.15) is 0 Å². The van der Waals surface area contributed by atoms with Gasteiger partial charge in [-0.3, -0.25) is 14.1 Å². The lowest BCUT2D eigenvalue weighted by molar-refractivity contribution is 0.103. The van der Waals surface area contributed by atoms with Crippen molar-refractivity contribution in [2.75, 3.05) is 36.4 Å². The van der Waals surface area contributed by atoms with Crippen molar-refractivity contribution in [2.24, 2.45) is 0 Å². The molecule has 0 spiro atoms. The van der Waals surface area contributed by atoms with E-state index < -0.39 is 0 Å². The number of thiazole rings is 1. The van der Waals surface area contributed by atoms with Gasteiger partial charge in [-0.1, -0.05) is 17.4 Å². The normalized spacial score (nSPS) is 15.6. The molecule has 142 valence electrons. The fraction of sp³-hybridized carbons (Fsp3) is 0.400. The van der Waals surface area contributed by atoms with E-state index >= 15 is 0 Å². The first-order chi connectivity index (χ1) is 13.0. The number of aryl methyl sites for hydroxylation is 1. The number of hydrogen-bond acceptors (Lipinski definition) is 5. The highest BCUT2D eigenvalue weighted by molar-refractivity contribution is 7.19. The summed E-state index contributed by atoms with van der Waals surface area (Å²) in [5.41, 5.74) is 2.94. The number of rotatable bonds is 4. The summed E-state index contributed by atoms with van der Waals surface area (Å²) in [5, 5.41) is 3.02. The molecule has 0 saturated carbocycles. The van der Waals surface area contributed by atoms with E-state index in [2.05, 4.69) is 46.1 Å². The standard InChI is InChI=1S/C20H25N5OS/c1-14(2)23-7-9-24(10-8-23)17-6-4-5-16(11-17)22-19(26)18-13-25-12-15(3)21-20(25)27-18/h4-6,11-14H,7-10H2,1-3H3,(H,22,26). The quantitative estimate of drug-likeness (QED) is 0.749. The predicted octanol–water partition coefficient (Wildman–Crippen LogP) is 3.49. The molecule has 1 N–H and O–H groups in total. The molecule has 1 fully saturated rings. The van der Waals surface area contributed by atoms with Crippen molar-refractivity contribution in [2.45, 2.75) is 26.8 Å². The third-order valence-electron chi connectivity index (χ3n) is 5.01. The van der Waals surface area contributed by atoms with Crippen LogP contribution in [0.3, 0.4) is 0 Å². The predicted molar refractivity (Wildman–Crippen MR) is 111 cm³/mol. The smallest absolute Gasteiger partial charge is 0.267 e. The minimum atomic E-state index is -0.0927. The minimum Gasteiger partial charge on any atom is -0.369 e. The number of piperazine rings is 1. The Labute approximate surface area is 163 Å². The van der Waals surface area contributed by atoms with Crippen molar-refractivity contribution in [3.8, 4) is 0 Å². The van der Waals surface area contributed by atoms with Gasteiger partial charge in [-0.25, -0.2) is 4.98 Å². The number of anilines is 2. The molecule has 1 saturated heterocycles. The highest BCUT2D eigenvalue weighted by Gasteiger charge is 2.19. The zero-order valence-electron chi connectivity index (χ0n) is 16.0. The van der Waals surface area contributed by atoms with E-state index in [1.807, 2.05) is 35.9 Å². The van der Waals surface area contributed by atoms with E-state index in [-0.39, 0.29) is 5.91 Å². The molecule has 0 unspecified atom stereocenters. The van der Waals surface area contributed by atoms with Crippen molar-refractivity contribution in [1.29, 1.82) is 0 Å². The summed E-state index contributed by atoms with van der Waals surface area (Å²) in [6, 6.07) is 8.71. The zero-order chi connectivity index (χ0) is 19.0. The van der Waals surface area contributed by atoms with E-state index in [1.165, 1.54) is 11.3 Å². The largest absolute Gasteiger partial charge is 0.369 e. The average molecular weight is 384 g/mol.